The number of rotatable bonds is 3. The summed E-state index contributed by atoms with van der Waals surface area (Å²) in [4.78, 5) is 28.7. The standard InChI is InChI=1S/C19H13ClN2O4/c20-14-5-6-17-21-15(8-18(23)22(17)9-14)11-26-19(24)13-7-12-3-1-2-4-16(12)25-10-13/h1-9H,10-11H2. The van der Waals surface area contributed by atoms with Crippen LogP contribution in [-0.4, -0.2) is 22.0 Å². The first-order valence-corrected chi connectivity index (χ1v) is 8.25. The fraction of sp³-hybridized carbons (Fsp3) is 0.105. The van der Waals surface area contributed by atoms with Gasteiger partial charge in [-0.2, -0.15) is 0 Å². The smallest absolute Gasteiger partial charge is 0.337 e. The van der Waals surface area contributed by atoms with Crippen molar-refractivity contribution < 1.29 is 14.3 Å². The van der Waals surface area contributed by atoms with E-state index in [2.05, 4.69) is 4.98 Å². The van der Waals surface area contributed by atoms with Crippen LogP contribution in [0, 0.1) is 0 Å². The van der Waals surface area contributed by atoms with Crippen molar-refractivity contribution >= 4 is 29.3 Å². The molecule has 4 rings (SSSR count). The van der Waals surface area contributed by atoms with Crippen LogP contribution in [0.25, 0.3) is 11.7 Å². The molecule has 0 saturated heterocycles. The third-order valence-corrected chi connectivity index (χ3v) is 4.15. The van der Waals surface area contributed by atoms with E-state index in [1.54, 1.807) is 18.2 Å². The molecule has 26 heavy (non-hydrogen) atoms. The van der Waals surface area contributed by atoms with Gasteiger partial charge in [0.25, 0.3) is 5.56 Å². The molecule has 0 radical (unpaired) electrons. The number of halogens is 1. The van der Waals surface area contributed by atoms with E-state index in [0.717, 1.165) is 11.3 Å². The molecule has 3 aromatic rings. The molecule has 7 heteroatoms. The number of para-hydroxylation sites is 1. The van der Waals surface area contributed by atoms with E-state index in [1.165, 1.54) is 16.7 Å². The van der Waals surface area contributed by atoms with Gasteiger partial charge in [0.15, 0.2) is 0 Å². The highest BCUT2D eigenvalue weighted by Gasteiger charge is 2.18. The minimum Gasteiger partial charge on any atom is -0.488 e. The molecule has 130 valence electrons. The quantitative estimate of drug-likeness (QED) is 0.665. The number of pyridine rings is 1. The van der Waals surface area contributed by atoms with E-state index in [0.29, 0.717) is 21.9 Å². The van der Waals surface area contributed by atoms with Crippen molar-refractivity contribution in [3.63, 3.8) is 0 Å². The zero-order valence-electron chi connectivity index (χ0n) is 13.5. The van der Waals surface area contributed by atoms with Crippen LogP contribution in [0.5, 0.6) is 5.75 Å². The third-order valence-electron chi connectivity index (χ3n) is 3.92. The van der Waals surface area contributed by atoms with Crippen molar-refractivity contribution in [1.29, 1.82) is 0 Å². The lowest BCUT2D eigenvalue weighted by Crippen LogP contribution is -2.19. The zero-order valence-corrected chi connectivity index (χ0v) is 14.3. The van der Waals surface area contributed by atoms with Crippen LogP contribution in [0.1, 0.15) is 11.3 Å². The van der Waals surface area contributed by atoms with E-state index in [9.17, 15) is 9.59 Å². The Morgan fingerprint density at radius 2 is 2.12 bits per heavy atom. The van der Waals surface area contributed by atoms with Crippen LogP contribution in [0.15, 0.2) is 59.0 Å². The van der Waals surface area contributed by atoms with Gasteiger partial charge in [-0.25, -0.2) is 9.78 Å². The Balaban J connectivity index is 1.52. The van der Waals surface area contributed by atoms with Crippen molar-refractivity contribution in [3.05, 3.63) is 80.9 Å². The molecule has 0 atom stereocenters. The van der Waals surface area contributed by atoms with Gasteiger partial charge in [0.2, 0.25) is 0 Å². The van der Waals surface area contributed by atoms with E-state index < -0.39 is 5.97 Å². The Morgan fingerprint density at radius 1 is 1.27 bits per heavy atom. The molecule has 0 saturated carbocycles. The maximum absolute atomic E-state index is 12.3. The second-order valence-corrected chi connectivity index (χ2v) is 6.17. The lowest BCUT2D eigenvalue weighted by Gasteiger charge is -2.16. The molecule has 1 aromatic carbocycles. The third kappa shape index (κ3) is 3.19. The summed E-state index contributed by atoms with van der Waals surface area (Å²) in [5, 5.41) is 0.435. The number of carbonyl (C=O) groups excluding carboxylic acids is 1. The van der Waals surface area contributed by atoms with E-state index in [4.69, 9.17) is 21.1 Å². The molecule has 2 aromatic heterocycles. The number of hydrogen-bond donors (Lipinski definition) is 0. The maximum Gasteiger partial charge on any atom is 0.337 e. The number of fused-ring (bicyclic) bond motifs is 2. The monoisotopic (exact) mass is 368 g/mol. The van der Waals surface area contributed by atoms with Crippen LogP contribution in [-0.2, 0) is 16.1 Å². The van der Waals surface area contributed by atoms with Crippen LogP contribution in [0.4, 0.5) is 0 Å². The molecule has 0 amide bonds. The summed E-state index contributed by atoms with van der Waals surface area (Å²) in [6.45, 7) is 0.0361. The summed E-state index contributed by atoms with van der Waals surface area (Å²) in [6, 6.07) is 12.0. The molecular formula is C19H13ClN2O4. The number of benzene rings is 1. The minimum absolute atomic E-state index is 0.105. The molecule has 1 aliphatic heterocycles. The predicted molar refractivity (Wildman–Crippen MR) is 96.2 cm³/mol. The summed E-state index contributed by atoms with van der Waals surface area (Å²) in [5.74, 6) is 0.226. The second kappa shape index (κ2) is 6.65. The molecule has 1 aliphatic rings. The normalized spacial score (nSPS) is 12.9. The topological polar surface area (TPSA) is 69.9 Å². The molecule has 3 heterocycles. The fourth-order valence-electron chi connectivity index (χ4n) is 2.67. The van der Waals surface area contributed by atoms with Gasteiger partial charge < -0.3 is 9.47 Å². The summed E-state index contributed by atoms with van der Waals surface area (Å²) in [6.07, 6.45) is 3.23. The molecular weight excluding hydrogens is 356 g/mol. The van der Waals surface area contributed by atoms with Gasteiger partial charge in [0, 0.05) is 17.8 Å². The molecule has 0 unspecified atom stereocenters. The average Bonchev–Trinajstić information content (AvgIpc) is 2.66. The highest BCUT2D eigenvalue weighted by atomic mass is 35.5. The van der Waals surface area contributed by atoms with E-state index in [-0.39, 0.29) is 18.8 Å². The number of carbonyl (C=O) groups is 1. The van der Waals surface area contributed by atoms with E-state index in [1.807, 2.05) is 24.3 Å². The Hall–Kier alpha value is -3.12. The van der Waals surface area contributed by atoms with E-state index >= 15 is 0 Å². The minimum atomic E-state index is -0.502. The summed E-state index contributed by atoms with van der Waals surface area (Å²) < 4.78 is 12.2. The lowest BCUT2D eigenvalue weighted by atomic mass is 10.1. The van der Waals surface area contributed by atoms with Crippen LogP contribution in [0.2, 0.25) is 5.02 Å². The SMILES string of the molecule is O=C(OCc1cc(=O)n2cc(Cl)ccc2n1)C1=Cc2ccccc2OC1. The van der Waals surface area contributed by atoms with Gasteiger partial charge in [0.1, 0.15) is 24.6 Å². The molecule has 0 fully saturated rings. The van der Waals surface area contributed by atoms with Gasteiger partial charge in [-0.15, -0.1) is 0 Å². The fourth-order valence-corrected chi connectivity index (χ4v) is 2.83. The molecule has 0 aliphatic carbocycles. The van der Waals surface area contributed by atoms with Crippen molar-refractivity contribution in [3.8, 4) is 5.75 Å². The highest BCUT2D eigenvalue weighted by molar-refractivity contribution is 6.30. The lowest BCUT2D eigenvalue weighted by molar-refractivity contribution is -0.140. The number of hydrogen-bond acceptors (Lipinski definition) is 5. The van der Waals surface area contributed by atoms with Crippen molar-refractivity contribution in [2.24, 2.45) is 0 Å². The first-order chi connectivity index (χ1) is 12.6. The van der Waals surface area contributed by atoms with Gasteiger partial charge in [-0.3, -0.25) is 9.20 Å². The Bertz CT molecular complexity index is 1100. The second-order valence-electron chi connectivity index (χ2n) is 5.73. The summed E-state index contributed by atoms with van der Waals surface area (Å²) >= 11 is 5.88. The number of esters is 1. The van der Waals surface area contributed by atoms with Gasteiger partial charge in [-0.1, -0.05) is 29.8 Å². The Kier molecular flexibility index (Phi) is 4.18. The predicted octanol–water partition coefficient (Wildman–Crippen LogP) is 2.87. The highest BCUT2D eigenvalue weighted by Crippen LogP contribution is 2.26. The van der Waals surface area contributed by atoms with Crippen LogP contribution >= 0.6 is 11.6 Å². The van der Waals surface area contributed by atoms with Gasteiger partial charge >= 0.3 is 5.97 Å². The number of nitrogens with zero attached hydrogens (tertiary/aromatic N) is 2. The Morgan fingerprint density at radius 3 is 3.00 bits per heavy atom. The molecule has 0 N–H and O–H groups in total. The first-order valence-electron chi connectivity index (χ1n) is 7.87. The summed E-state index contributed by atoms with van der Waals surface area (Å²) in [7, 11) is 0. The van der Waals surface area contributed by atoms with Crippen molar-refractivity contribution in [1.82, 2.24) is 9.38 Å². The van der Waals surface area contributed by atoms with Gasteiger partial charge in [-0.05, 0) is 24.3 Å². The van der Waals surface area contributed by atoms with Crippen molar-refractivity contribution in [2.45, 2.75) is 6.61 Å². The largest absolute Gasteiger partial charge is 0.488 e. The molecule has 0 bridgehead atoms. The van der Waals surface area contributed by atoms with Crippen LogP contribution < -0.4 is 10.3 Å². The zero-order chi connectivity index (χ0) is 18.1. The first kappa shape index (κ1) is 16.4. The summed E-state index contributed by atoms with van der Waals surface area (Å²) in [5.41, 5.74) is 1.74. The number of aromatic nitrogens is 2. The molecule has 0 spiro atoms. The van der Waals surface area contributed by atoms with Crippen molar-refractivity contribution in [2.75, 3.05) is 6.61 Å². The average molecular weight is 369 g/mol. The van der Waals surface area contributed by atoms with Gasteiger partial charge in [0.05, 0.1) is 16.3 Å². The molecule has 6 nitrogen and oxygen atoms in total. The number of ether oxygens (including phenoxy) is 2. The maximum atomic E-state index is 12.3. The van der Waals surface area contributed by atoms with Crippen LogP contribution in [0.3, 0.4) is 0 Å². The Labute approximate surface area is 153 Å².